The maximum Gasteiger partial charge on any atom is 0.236 e. The lowest BCUT2D eigenvalue weighted by Crippen LogP contribution is -2.41. The van der Waals surface area contributed by atoms with Gasteiger partial charge in [-0.05, 0) is 87.2 Å². The zero-order chi connectivity index (χ0) is 22.0. The van der Waals surface area contributed by atoms with Crippen LogP contribution in [0.4, 0.5) is 0 Å². The number of fused-ring (bicyclic) bond motifs is 2. The van der Waals surface area contributed by atoms with Crippen LogP contribution < -0.4 is 21.0 Å². The third-order valence-electron chi connectivity index (χ3n) is 7.12. The van der Waals surface area contributed by atoms with E-state index < -0.39 is 0 Å². The van der Waals surface area contributed by atoms with Gasteiger partial charge in [0.2, 0.25) is 5.55 Å². The van der Waals surface area contributed by atoms with E-state index in [1.165, 1.54) is 30.4 Å². The highest BCUT2D eigenvalue weighted by Crippen LogP contribution is 2.43. The SMILES string of the molecule is CCc1c/c(=N/NC(=S)NC[C@@H]2CCCO2)oc2cc3c(cc12)CCC1(CCCCC1)O3. The molecule has 1 aromatic heterocycles. The van der Waals surface area contributed by atoms with Crippen molar-refractivity contribution in [2.45, 2.75) is 82.8 Å². The van der Waals surface area contributed by atoms with Gasteiger partial charge in [0.05, 0.1) is 6.10 Å². The van der Waals surface area contributed by atoms with Gasteiger partial charge in [-0.3, -0.25) is 5.43 Å². The summed E-state index contributed by atoms with van der Waals surface area (Å²) in [7, 11) is 0. The summed E-state index contributed by atoms with van der Waals surface area (Å²) in [6.45, 7) is 3.69. The van der Waals surface area contributed by atoms with E-state index in [-0.39, 0.29) is 11.7 Å². The van der Waals surface area contributed by atoms with Crippen molar-refractivity contribution in [3.8, 4) is 5.75 Å². The molecular weight excluding hydrogens is 422 g/mol. The molecule has 3 aliphatic rings. The predicted octanol–water partition coefficient (Wildman–Crippen LogP) is 4.48. The standard InChI is InChI=1S/C25H33N3O3S/c1-2-17-14-23(27-28-24(32)26-16-19-7-6-12-29-19)30-22-15-21-18(13-20(17)22)8-11-25(31-21)9-4-3-5-10-25/h13-15,19H,2-12,16H2,1H3,(H2,26,28,32)/b27-23-/t19-/m0/s1. The maximum atomic E-state index is 6.61. The molecule has 6 nitrogen and oxygen atoms in total. The fourth-order valence-corrected chi connectivity index (χ4v) is 5.43. The highest BCUT2D eigenvalue weighted by Gasteiger charge is 2.37. The monoisotopic (exact) mass is 455 g/mol. The number of hydrogen-bond donors (Lipinski definition) is 2. The molecule has 1 saturated carbocycles. The minimum Gasteiger partial charge on any atom is -0.487 e. The van der Waals surface area contributed by atoms with Gasteiger partial charge >= 0.3 is 0 Å². The summed E-state index contributed by atoms with van der Waals surface area (Å²) >= 11 is 5.36. The van der Waals surface area contributed by atoms with Crippen LogP contribution in [-0.4, -0.2) is 30.0 Å². The molecule has 0 radical (unpaired) electrons. The van der Waals surface area contributed by atoms with Gasteiger partial charge in [-0.1, -0.05) is 13.3 Å². The van der Waals surface area contributed by atoms with E-state index in [4.69, 9.17) is 26.1 Å². The van der Waals surface area contributed by atoms with E-state index in [0.29, 0.717) is 17.2 Å². The Morgan fingerprint density at radius 3 is 2.81 bits per heavy atom. The molecule has 5 rings (SSSR count). The number of nitrogens with one attached hydrogen (secondary N) is 2. The molecule has 2 fully saturated rings. The number of benzene rings is 1. The van der Waals surface area contributed by atoms with E-state index >= 15 is 0 Å². The molecule has 1 aromatic carbocycles. The first kappa shape index (κ1) is 21.7. The van der Waals surface area contributed by atoms with Gasteiger partial charge in [-0.15, -0.1) is 5.10 Å². The van der Waals surface area contributed by atoms with Crippen LogP contribution in [0.3, 0.4) is 0 Å². The number of aryl methyl sites for hydroxylation is 2. The lowest BCUT2D eigenvalue weighted by Gasteiger charge is -2.41. The zero-order valence-corrected chi connectivity index (χ0v) is 19.7. The summed E-state index contributed by atoms with van der Waals surface area (Å²) < 4.78 is 18.4. The second-order valence-corrected chi connectivity index (χ2v) is 9.74. The van der Waals surface area contributed by atoms with Gasteiger partial charge in [0.25, 0.3) is 0 Å². The summed E-state index contributed by atoms with van der Waals surface area (Å²) in [5, 5.41) is 9.20. The zero-order valence-electron chi connectivity index (χ0n) is 18.9. The molecule has 3 heterocycles. The Kier molecular flexibility index (Phi) is 6.37. The van der Waals surface area contributed by atoms with Crippen molar-refractivity contribution < 1.29 is 13.9 Å². The van der Waals surface area contributed by atoms with Crippen molar-refractivity contribution in [1.29, 1.82) is 0 Å². The highest BCUT2D eigenvalue weighted by molar-refractivity contribution is 7.80. The third kappa shape index (κ3) is 4.64. The topological polar surface area (TPSA) is 68.0 Å². The molecule has 7 heteroatoms. The van der Waals surface area contributed by atoms with Gasteiger partial charge in [-0.25, -0.2) is 0 Å². The van der Waals surface area contributed by atoms with Crippen LogP contribution >= 0.6 is 12.2 Å². The largest absolute Gasteiger partial charge is 0.487 e. The molecule has 0 bridgehead atoms. The van der Waals surface area contributed by atoms with Gasteiger partial charge in [-0.2, -0.15) is 0 Å². The van der Waals surface area contributed by atoms with Crippen molar-refractivity contribution in [2.24, 2.45) is 5.10 Å². The van der Waals surface area contributed by atoms with Crippen molar-refractivity contribution >= 4 is 28.3 Å². The van der Waals surface area contributed by atoms with E-state index in [1.54, 1.807) is 0 Å². The Balaban J connectivity index is 1.37. The predicted molar refractivity (Wildman–Crippen MR) is 129 cm³/mol. The Labute approximate surface area is 194 Å². The Hall–Kier alpha value is -2.12. The molecule has 1 saturated heterocycles. The fraction of sp³-hybridized carbons (Fsp3) is 0.600. The minimum absolute atomic E-state index is 0.0247. The van der Waals surface area contributed by atoms with Crippen LogP contribution in [0.2, 0.25) is 0 Å². The molecular formula is C25H33N3O3S. The van der Waals surface area contributed by atoms with Crippen molar-refractivity contribution in [3.63, 3.8) is 0 Å². The van der Waals surface area contributed by atoms with Gasteiger partial charge in [0, 0.05) is 30.7 Å². The van der Waals surface area contributed by atoms with Gasteiger partial charge in [0.1, 0.15) is 16.9 Å². The van der Waals surface area contributed by atoms with Crippen molar-refractivity contribution in [3.05, 3.63) is 34.9 Å². The molecule has 2 aliphatic heterocycles. The van der Waals surface area contributed by atoms with E-state index in [1.807, 2.05) is 6.07 Å². The molecule has 172 valence electrons. The summed E-state index contributed by atoms with van der Waals surface area (Å²) in [5.41, 5.74) is 6.77. The number of hydrogen-bond acceptors (Lipinski definition) is 5. The summed E-state index contributed by atoms with van der Waals surface area (Å²) in [6, 6.07) is 6.33. The lowest BCUT2D eigenvalue weighted by molar-refractivity contribution is 0.0109. The quantitative estimate of drug-likeness (QED) is 0.523. The number of ether oxygens (including phenoxy) is 2. The van der Waals surface area contributed by atoms with E-state index in [2.05, 4.69) is 34.9 Å². The maximum absolute atomic E-state index is 6.61. The van der Waals surface area contributed by atoms with E-state index in [0.717, 1.165) is 68.3 Å². The van der Waals surface area contributed by atoms with Crippen LogP contribution in [0.5, 0.6) is 5.75 Å². The van der Waals surface area contributed by atoms with Crippen LogP contribution in [0.1, 0.15) is 69.4 Å². The Morgan fingerprint density at radius 1 is 1.16 bits per heavy atom. The number of rotatable bonds is 4. The second-order valence-electron chi connectivity index (χ2n) is 9.33. The third-order valence-corrected chi connectivity index (χ3v) is 7.36. The van der Waals surface area contributed by atoms with Crippen LogP contribution in [-0.2, 0) is 17.6 Å². The average molecular weight is 456 g/mol. The first-order valence-corrected chi connectivity index (χ1v) is 12.5. The number of thiocarbonyl (C=S) groups is 1. The summed E-state index contributed by atoms with van der Waals surface area (Å²) in [5.74, 6) is 0.982. The average Bonchev–Trinajstić information content (AvgIpc) is 3.34. The van der Waals surface area contributed by atoms with Crippen molar-refractivity contribution in [1.82, 2.24) is 10.7 Å². The molecule has 32 heavy (non-hydrogen) atoms. The smallest absolute Gasteiger partial charge is 0.236 e. The summed E-state index contributed by atoms with van der Waals surface area (Å²) in [6.07, 6.45) is 11.7. The highest BCUT2D eigenvalue weighted by atomic mass is 32.1. The molecule has 0 unspecified atom stereocenters. The molecule has 1 spiro atoms. The normalized spacial score (nSPS) is 22.5. The molecule has 1 atom stereocenters. The molecule has 2 N–H and O–H groups in total. The Morgan fingerprint density at radius 2 is 2.03 bits per heavy atom. The van der Waals surface area contributed by atoms with Gasteiger partial charge in [0.15, 0.2) is 5.11 Å². The Bertz CT molecular complexity index is 1050. The van der Waals surface area contributed by atoms with Crippen LogP contribution in [0.25, 0.3) is 11.0 Å². The van der Waals surface area contributed by atoms with Crippen LogP contribution in [0, 0.1) is 0 Å². The van der Waals surface area contributed by atoms with Crippen molar-refractivity contribution in [2.75, 3.05) is 13.2 Å². The lowest BCUT2D eigenvalue weighted by atomic mass is 9.79. The fourth-order valence-electron chi connectivity index (χ4n) is 5.30. The first-order valence-electron chi connectivity index (χ1n) is 12.1. The minimum atomic E-state index is 0.0247. The molecule has 0 amide bonds. The molecule has 2 aromatic rings. The van der Waals surface area contributed by atoms with Gasteiger partial charge < -0.3 is 19.2 Å². The van der Waals surface area contributed by atoms with E-state index in [9.17, 15) is 0 Å². The van der Waals surface area contributed by atoms with Crippen LogP contribution in [0.15, 0.2) is 27.7 Å². The molecule has 1 aliphatic carbocycles. The summed E-state index contributed by atoms with van der Waals surface area (Å²) in [4.78, 5) is 0. The number of nitrogens with zero attached hydrogens (tertiary/aromatic N) is 1. The first-order chi connectivity index (χ1) is 15.6. The second kappa shape index (κ2) is 9.40.